The van der Waals surface area contributed by atoms with E-state index in [9.17, 15) is 5.11 Å². The van der Waals surface area contributed by atoms with Crippen molar-refractivity contribution < 1.29 is 5.11 Å². The maximum absolute atomic E-state index is 9.41. The highest BCUT2D eigenvalue weighted by Gasteiger charge is 2.11. The molecule has 16 heavy (non-hydrogen) atoms. The van der Waals surface area contributed by atoms with Crippen LogP contribution < -0.4 is 0 Å². The molecule has 0 bridgehead atoms. The van der Waals surface area contributed by atoms with E-state index in [1.165, 1.54) is 4.70 Å². The Morgan fingerprint density at radius 1 is 1.38 bits per heavy atom. The van der Waals surface area contributed by atoms with Crippen LogP contribution in [0, 0.1) is 5.92 Å². The summed E-state index contributed by atoms with van der Waals surface area (Å²) < 4.78 is 2.32. The first-order valence-corrected chi connectivity index (χ1v) is 7.13. The standard InChI is InChI=1S/C12H15NOS2/c1-8(9(2)14)7-15-12-13-10-5-3-4-6-11(10)16-12/h3-6,8-9,14H,7H2,1-2H3. The van der Waals surface area contributed by atoms with Gasteiger partial charge < -0.3 is 5.11 Å². The number of aliphatic hydroxyl groups excluding tert-OH is 1. The molecule has 1 N–H and O–H groups in total. The Labute approximate surface area is 104 Å². The second-order valence-corrected chi connectivity index (χ2v) is 6.27. The van der Waals surface area contributed by atoms with Crippen LogP contribution in [-0.4, -0.2) is 21.9 Å². The molecule has 86 valence electrons. The van der Waals surface area contributed by atoms with Crippen molar-refractivity contribution in [2.75, 3.05) is 5.75 Å². The summed E-state index contributed by atoms with van der Waals surface area (Å²) >= 11 is 3.45. The molecule has 2 aromatic rings. The summed E-state index contributed by atoms with van der Waals surface area (Å²) in [5, 5.41) is 9.41. The fourth-order valence-electron chi connectivity index (χ4n) is 1.25. The fraction of sp³-hybridized carbons (Fsp3) is 0.417. The van der Waals surface area contributed by atoms with Crippen molar-refractivity contribution >= 4 is 33.3 Å². The van der Waals surface area contributed by atoms with E-state index in [1.54, 1.807) is 23.1 Å². The number of nitrogens with zero attached hydrogens (tertiary/aromatic N) is 1. The van der Waals surface area contributed by atoms with E-state index in [1.807, 2.05) is 25.1 Å². The van der Waals surface area contributed by atoms with Crippen LogP contribution in [0.15, 0.2) is 28.6 Å². The second kappa shape index (κ2) is 5.17. The van der Waals surface area contributed by atoms with E-state index in [2.05, 4.69) is 18.0 Å². The average molecular weight is 253 g/mol. The third kappa shape index (κ3) is 2.75. The summed E-state index contributed by atoms with van der Waals surface area (Å²) in [6.07, 6.45) is -0.248. The number of para-hydroxylation sites is 1. The molecule has 0 saturated heterocycles. The molecule has 0 radical (unpaired) electrons. The van der Waals surface area contributed by atoms with E-state index in [-0.39, 0.29) is 6.10 Å². The molecule has 0 aliphatic carbocycles. The van der Waals surface area contributed by atoms with Crippen molar-refractivity contribution in [3.05, 3.63) is 24.3 Å². The van der Waals surface area contributed by atoms with Crippen LogP contribution in [0.1, 0.15) is 13.8 Å². The molecule has 0 amide bonds. The summed E-state index contributed by atoms with van der Waals surface area (Å²) in [4.78, 5) is 4.54. The van der Waals surface area contributed by atoms with E-state index in [4.69, 9.17) is 0 Å². The number of hydrogen-bond donors (Lipinski definition) is 1. The molecule has 0 aliphatic rings. The quantitative estimate of drug-likeness (QED) is 0.848. The van der Waals surface area contributed by atoms with Crippen LogP contribution in [0.5, 0.6) is 0 Å². The van der Waals surface area contributed by atoms with Gasteiger partial charge in [-0.25, -0.2) is 4.98 Å². The summed E-state index contributed by atoms with van der Waals surface area (Å²) in [6.45, 7) is 3.90. The molecule has 1 aromatic heterocycles. The first-order chi connectivity index (χ1) is 7.66. The zero-order chi connectivity index (χ0) is 11.5. The Morgan fingerprint density at radius 2 is 2.12 bits per heavy atom. The van der Waals surface area contributed by atoms with Gasteiger partial charge >= 0.3 is 0 Å². The van der Waals surface area contributed by atoms with Gasteiger partial charge in [0, 0.05) is 5.75 Å². The van der Waals surface area contributed by atoms with Crippen LogP contribution in [0.3, 0.4) is 0 Å². The van der Waals surface area contributed by atoms with E-state index in [0.29, 0.717) is 5.92 Å². The smallest absolute Gasteiger partial charge is 0.151 e. The highest BCUT2D eigenvalue weighted by Crippen LogP contribution is 2.30. The number of benzene rings is 1. The Balaban J connectivity index is 2.05. The number of thioether (sulfide) groups is 1. The number of fused-ring (bicyclic) bond motifs is 1. The van der Waals surface area contributed by atoms with E-state index in [0.717, 1.165) is 15.6 Å². The van der Waals surface area contributed by atoms with Gasteiger partial charge in [-0.3, -0.25) is 0 Å². The molecule has 0 spiro atoms. The third-order valence-corrected chi connectivity index (χ3v) is 5.03. The molecule has 2 rings (SSSR count). The normalized spacial score (nSPS) is 15.2. The molecular formula is C12H15NOS2. The van der Waals surface area contributed by atoms with Gasteiger partial charge in [-0.15, -0.1) is 11.3 Å². The van der Waals surface area contributed by atoms with Crippen molar-refractivity contribution in [3.8, 4) is 0 Å². The van der Waals surface area contributed by atoms with Gasteiger partial charge in [0.1, 0.15) is 0 Å². The lowest BCUT2D eigenvalue weighted by molar-refractivity contribution is 0.147. The SMILES string of the molecule is CC(O)C(C)CSc1nc2ccccc2s1. The van der Waals surface area contributed by atoms with Crippen LogP contribution in [0.25, 0.3) is 10.2 Å². The van der Waals surface area contributed by atoms with Crippen molar-refractivity contribution in [1.82, 2.24) is 4.98 Å². The minimum absolute atomic E-state index is 0.248. The summed E-state index contributed by atoms with van der Waals surface area (Å²) in [6, 6.07) is 8.17. The van der Waals surface area contributed by atoms with E-state index >= 15 is 0 Å². The lowest BCUT2D eigenvalue weighted by atomic mass is 10.1. The number of rotatable bonds is 4. The Kier molecular flexibility index (Phi) is 3.84. The first kappa shape index (κ1) is 11.9. The van der Waals surface area contributed by atoms with Gasteiger partial charge in [-0.2, -0.15) is 0 Å². The maximum atomic E-state index is 9.41. The predicted octanol–water partition coefficient (Wildman–Crippen LogP) is 3.41. The minimum atomic E-state index is -0.248. The number of aliphatic hydroxyl groups is 1. The topological polar surface area (TPSA) is 33.1 Å². The third-order valence-electron chi connectivity index (χ3n) is 2.57. The minimum Gasteiger partial charge on any atom is -0.393 e. The Morgan fingerprint density at radius 3 is 2.81 bits per heavy atom. The molecule has 2 atom stereocenters. The van der Waals surface area contributed by atoms with Gasteiger partial charge in [0.05, 0.1) is 16.3 Å². The molecule has 2 unspecified atom stereocenters. The van der Waals surface area contributed by atoms with Gasteiger partial charge in [0.15, 0.2) is 4.34 Å². The molecule has 0 saturated carbocycles. The second-order valence-electron chi connectivity index (χ2n) is 3.98. The largest absolute Gasteiger partial charge is 0.393 e. The number of hydrogen-bond acceptors (Lipinski definition) is 4. The first-order valence-electron chi connectivity index (χ1n) is 5.33. The maximum Gasteiger partial charge on any atom is 0.151 e. The summed E-state index contributed by atoms with van der Waals surface area (Å²) in [5.41, 5.74) is 1.07. The fourth-order valence-corrected chi connectivity index (χ4v) is 3.51. The lowest BCUT2D eigenvalue weighted by Gasteiger charge is -2.12. The molecule has 4 heteroatoms. The van der Waals surface area contributed by atoms with Crippen LogP contribution in [-0.2, 0) is 0 Å². The van der Waals surface area contributed by atoms with Crippen molar-refractivity contribution in [1.29, 1.82) is 0 Å². The zero-order valence-corrected chi connectivity index (χ0v) is 11.0. The zero-order valence-electron chi connectivity index (χ0n) is 9.38. The van der Waals surface area contributed by atoms with Gasteiger partial charge in [0.2, 0.25) is 0 Å². The monoisotopic (exact) mass is 253 g/mol. The van der Waals surface area contributed by atoms with Crippen molar-refractivity contribution in [3.63, 3.8) is 0 Å². The van der Waals surface area contributed by atoms with Crippen molar-refractivity contribution in [2.45, 2.75) is 24.3 Å². The van der Waals surface area contributed by atoms with E-state index < -0.39 is 0 Å². The molecule has 1 aromatic carbocycles. The molecule has 2 nitrogen and oxygen atoms in total. The highest BCUT2D eigenvalue weighted by atomic mass is 32.2. The van der Waals surface area contributed by atoms with Gasteiger partial charge in [-0.1, -0.05) is 30.8 Å². The number of aromatic nitrogens is 1. The summed E-state index contributed by atoms with van der Waals surface area (Å²) in [5.74, 6) is 1.22. The van der Waals surface area contributed by atoms with Crippen LogP contribution >= 0.6 is 23.1 Å². The van der Waals surface area contributed by atoms with Gasteiger partial charge in [-0.05, 0) is 25.0 Å². The Hall–Kier alpha value is -0.580. The highest BCUT2D eigenvalue weighted by molar-refractivity contribution is 8.01. The molecule has 1 heterocycles. The van der Waals surface area contributed by atoms with Crippen LogP contribution in [0.2, 0.25) is 0 Å². The molecular weight excluding hydrogens is 238 g/mol. The molecule has 0 fully saturated rings. The lowest BCUT2D eigenvalue weighted by Crippen LogP contribution is -2.14. The predicted molar refractivity (Wildman–Crippen MR) is 71.2 cm³/mol. The average Bonchev–Trinajstić information content (AvgIpc) is 2.68. The molecule has 0 aliphatic heterocycles. The van der Waals surface area contributed by atoms with Gasteiger partial charge in [0.25, 0.3) is 0 Å². The number of thiazole rings is 1. The summed E-state index contributed by atoms with van der Waals surface area (Å²) in [7, 11) is 0. The van der Waals surface area contributed by atoms with Crippen LogP contribution in [0.4, 0.5) is 0 Å². The van der Waals surface area contributed by atoms with Crippen molar-refractivity contribution in [2.24, 2.45) is 5.92 Å². The Bertz CT molecular complexity index is 434.